The minimum atomic E-state index is -0.0556. The highest BCUT2D eigenvalue weighted by atomic mass is 16.5. The Balaban J connectivity index is 1.53. The van der Waals surface area contributed by atoms with E-state index in [2.05, 4.69) is 0 Å². The predicted octanol–water partition coefficient (Wildman–Crippen LogP) is 2.93. The predicted molar refractivity (Wildman–Crippen MR) is 83.5 cm³/mol. The molecule has 2 aromatic rings. The second-order valence-electron chi connectivity index (χ2n) is 5.42. The second kappa shape index (κ2) is 6.62. The molecule has 1 atom stereocenters. The number of aryl methyl sites for hydroxylation is 1. The number of carbonyl (C=O) groups excluding carboxylic acids is 1. The van der Waals surface area contributed by atoms with Crippen LogP contribution in [0.3, 0.4) is 0 Å². The van der Waals surface area contributed by atoms with Crippen LogP contribution in [0.4, 0.5) is 0 Å². The molecule has 114 valence electrons. The number of hydrogen-bond donors (Lipinski definition) is 0. The van der Waals surface area contributed by atoms with Crippen molar-refractivity contribution in [2.24, 2.45) is 0 Å². The van der Waals surface area contributed by atoms with Gasteiger partial charge in [0.15, 0.2) is 6.61 Å². The molecule has 1 aliphatic rings. The van der Waals surface area contributed by atoms with Crippen molar-refractivity contribution in [2.75, 3.05) is 19.9 Å². The van der Waals surface area contributed by atoms with Crippen LogP contribution in [-0.4, -0.2) is 30.7 Å². The van der Waals surface area contributed by atoms with E-state index in [-0.39, 0.29) is 18.6 Å². The van der Waals surface area contributed by atoms with Gasteiger partial charge in [0, 0.05) is 0 Å². The Morgan fingerprint density at radius 3 is 2.82 bits per heavy atom. The number of carbonyl (C=O) groups is 1. The van der Waals surface area contributed by atoms with Crippen molar-refractivity contribution < 1.29 is 14.3 Å². The van der Waals surface area contributed by atoms with Crippen LogP contribution in [0.25, 0.3) is 0 Å². The van der Waals surface area contributed by atoms with Crippen molar-refractivity contribution in [3.05, 3.63) is 65.7 Å². The highest BCUT2D eigenvalue weighted by Gasteiger charge is 2.28. The first-order chi connectivity index (χ1) is 10.7. The molecule has 22 heavy (non-hydrogen) atoms. The van der Waals surface area contributed by atoms with E-state index in [0.717, 1.165) is 11.1 Å². The lowest BCUT2D eigenvalue weighted by atomic mass is 10.1. The molecule has 0 radical (unpaired) electrons. The largest absolute Gasteiger partial charge is 0.484 e. The van der Waals surface area contributed by atoms with Gasteiger partial charge in [-0.15, -0.1) is 0 Å². The molecule has 0 aliphatic carbocycles. The smallest absolute Gasteiger partial charge is 0.262 e. The van der Waals surface area contributed by atoms with E-state index in [9.17, 15) is 4.79 Å². The van der Waals surface area contributed by atoms with Crippen LogP contribution in [0.1, 0.15) is 17.2 Å². The number of hydrogen-bond acceptors (Lipinski definition) is 3. The summed E-state index contributed by atoms with van der Waals surface area (Å²) in [6, 6.07) is 17.6. The number of amides is 1. The average Bonchev–Trinajstić information content (AvgIpc) is 3.04. The highest BCUT2D eigenvalue weighted by Crippen LogP contribution is 2.24. The first-order valence-corrected chi connectivity index (χ1v) is 7.36. The topological polar surface area (TPSA) is 38.8 Å². The number of benzene rings is 2. The van der Waals surface area contributed by atoms with Crippen LogP contribution in [-0.2, 0) is 9.53 Å². The molecule has 4 heteroatoms. The van der Waals surface area contributed by atoms with Crippen molar-refractivity contribution >= 4 is 5.91 Å². The van der Waals surface area contributed by atoms with Gasteiger partial charge in [-0.1, -0.05) is 42.5 Å². The highest BCUT2D eigenvalue weighted by molar-refractivity contribution is 5.78. The quantitative estimate of drug-likeness (QED) is 0.871. The van der Waals surface area contributed by atoms with Gasteiger partial charge in [0.05, 0.1) is 6.54 Å². The Morgan fingerprint density at radius 1 is 1.23 bits per heavy atom. The molecule has 0 spiro atoms. The van der Waals surface area contributed by atoms with Crippen molar-refractivity contribution in [3.63, 3.8) is 0 Å². The van der Waals surface area contributed by atoms with Gasteiger partial charge in [0.1, 0.15) is 18.6 Å². The van der Waals surface area contributed by atoms with Gasteiger partial charge < -0.3 is 14.4 Å². The second-order valence-corrected chi connectivity index (χ2v) is 5.42. The molecule has 0 saturated carbocycles. The summed E-state index contributed by atoms with van der Waals surface area (Å²) >= 11 is 0. The first-order valence-electron chi connectivity index (χ1n) is 7.36. The summed E-state index contributed by atoms with van der Waals surface area (Å²) in [5, 5.41) is 0. The lowest BCUT2D eigenvalue weighted by Crippen LogP contribution is -2.32. The fourth-order valence-corrected chi connectivity index (χ4v) is 2.47. The summed E-state index contributed by atoms with van der Waals surface area (Å²) in [5.74, 6) is 0.660. The molecule has 2 aromatic carbocycles. The van der Waals surface area contributed by atoms with Gasteiger partial charge in [0.25, 0.3) is 5.91 Å². The van der Waals surface area contributed by atoms with E-state index in [1.165, 1.54) is 0 Å². The van der Waals surface area contributed by atoms with Crippen molar-refractivity contribution in [1.82, 2.24) is 4.90 Å². The van der Waals surface area contributed by atoms with E-state index in [0.29, 0.717) is 19.0 Å². The molecule has 0 N–H and O–H groups in total. The molecule has 1 saturated heterocycles. The molecule has 1 amide bonds. The van der Waals surface area contributed by atoms with Gasteiger partial charge >= 0.3 is 0 Å². The van der Waals surface area contributed by atoms with E-state index >= 15 is 0 Å². The molecule has 1 fully saturated rings. The number of ether oxygens (including phenoxy) is 2. The summed E-state index contributed by atoms with van der Waals surface area (Å²) in [6.45, 7) is 2.91. The van der Waals surface area contributed by atoms with E-state index < -0.39 is 0 Å². The third kappa shape index (κ3) is 3.46. The lowest BCUT2D eigenvalue weighted by Gasteiger charge is -2.15. The van der Waals surface area contributed by atoms with Gasteiger partial charge in [-0.2, -0.15) is 0 Å². The lowest BCUT2D eigenvalue weighted by molar-refractivity contribution is -0.133. The standard InChI is InChI=1S/C18H19NO3/c1-14-6-5-9-16(10-14)21-12-18(20)19-11-17(22-13-19)15-7-3-2-4-8-15/h2-10,17H,11-13H2,1H3. The van der Waals surface area contributed by atoms with Crippen LogP contribution in [0.5, 0.6) is 5.75 Å². The van der Waals surface area contributed by atoms with E-state index in [1.807, 2.05) is 61.5 Å². The molecule has 3 rings (SSSR count). The van der Waals surface area contributed by atoms with Crippen molar-refractivity contribution in [1.29, 1.82) is 0 Å². The van der Waals surface area contributed by atoms with Crippen molar-refractivity contribution in [2.45, 2.75) is 13.0 Å². The first kappa shape index (κ1) is 14.6. The fourth-order valence-electron chi connectivity index (χ4n) is 2.47. The summed E-state index contributed by atoms with van der Waals surface area (Å²) in [7, 11) is 0. The van der Waals surface area contributed by atoms with Crippen LogP contribution in [0.15, 0.2) is 54.6 Å². The number of rotatable bonds is 4. The van der Waals surface area contributed by atoms with Gasteiger partial charge in [-0.05, 0) is 30.2 Å². The Bertz CT molecular complexity index is 642. The third-order valence-electron chi connectivity index (χ3n) is 3.69. The van der Waals surface area contributed by atoms with Gasteiger partial charge in [-0.3, -0.25) is 4.79 Å². The SMILES string of the molecule is Cc1cccc(OCC(=O)N2COC(c3ccccc3)C2)c1. The summed E-state index contributed by atoms with van der Waals surface area (Å²) in [6.07, 6.45) is -0.0517. The maximum absolute atomic E-state index is 12.2. The Kier molecular flexibility index (Phi) is 4.39. The minimum Gasteiger partial charge on any atom is -0.484 e. The molecule has 0 bridgehead atoms. The van der Waals surface area contributed by atoms with Gasteiger partial charge in [0.2, 0.25) is 0 Å². The Hall–Kier alpha value is -2.33. The van der Waals surface area contributed by atoms with E-state index in [4.69, 9.17) is 9.47 Å². The summed E-state index contributed by atoms with van der Waals surface area (Å²) in [4.78, 5) is 13.9. The zero-order valence-electron chi connectivity index (χ0n) is 12.6. The monoisotopic (exact) mass is 297 g/mol. The summed E-state index contributed by atoms with van der Waals surface area (Å²) in [5.41, 5.74) is 2.20. The maximum atomic E-state index is 12.2. The zero-order chi connectivity index (χ0) is 15.4. The fraction of sp³-hybridized carbons (Fsp3) is 0.278. The van der Waals surface area contributed by atoms with Crippen LogP contribution >= 0.6 is 0 Å². The van der Waals surface area contributed by atoms with Crippen LogP contribution < -0.4 is 4.74 Å². The normalized spacial score (nSPS) is 17.5. The van der Waals surface area contributed by atoms with Gasteiger partial charge in [-0.25, -0.2) is 0 Å². The molecular weight excluding hydrogens is 278 g/mol. The number of nitrogens with zero attached hydrogens (tertiary/aromatic N) is 1. The summed E-state index contributed by atoms with van der Waals surface area (Å²) < 4.78 is 11.2. The Labute approximate surface area is 130 Å². The van der Waals surface area contributed by atoms with E-state index in [1.54, 1.807) is 4.90 Å². The molecule has 1 heterocycles. The maximum Gasteiger partial charge on any atom is 0.262 e. The third-order valence-corrected chi connectivity index (χ3v) is 3.69. The molecule has 1 unspecified atom stereocenters. The molecule has 4 nitrogen and oxygen atoms in total. The van der Waals surface area contributed by atoms with Crippen molar-refractivity contribution in [3.8, 4) is 5.75 Å². The van der Waals surface area contributed by atoms with Crippen LogP contribution in [0, 0.1) is 6.92 Å². The molecular formula is C18H19NO3. The minimum absolute atomic E-state index is 0.0360. The zero-order valence-corrected chi connectivity index (χ0v) is 12.6. The Morgan fingerprint density at radius 2 is 2.05 bits per heavy atom. The average molecular weight is 297 g/mol. The van der Waals surface area contributed by atoms with Crippen LogP contribution in [0.2, 0.25) is 0 Å². The molecule has 1 aliphatic heterocycles. The molecule has 0 aromatic heterocycles.